The molecule has 0 radical (unpaired) electrons. The van der Waals surface area contributed by atoms with Gasteiger partial charge in [0.15, 0.2) is 0 Å². The number of alkyl halides is 3. The molecule has 0 atom stereocenters. The van der Waals surface area contributed by atoms with Crippen LogP contribution in [0.1, 0.15) is 47.4 Å². The van der Waals surface area contributed by atoms with Crippen LogP contribution in [0.4, 0.5) is 28.0 Å². The number of nitrogens with one attached hydrogen (secondary N) is 1. The quantitative estimate of drug-likeness (QED) is 0.204. The van der Waals surface area contributed by atoms with Crippen molar-refractivity contribution < 1.29 is 27.1 Å². The van der Waals surface area contributed by atoms with Gasteiger partial charge in [-0.3, -0.25) is 4.90 Å². The van der Waals surface area contributed by atoms with Gasteiger partial charge < -0.3 is 15.8 Å². The fourth-order valence-electron chi connectivity index (χ4n) is 5.51. The third-order valence-electron chi connectivity index (χ3n) is 7.65. The van der Waals surface area contributed by atoms with Crippen LogP contribution in [0, 0.1) is 25.6 Å². The van der Waals surface area contributed by atoms with Gasteiger partial charge in [-0.15, -0.1) is 0 Å². The van der Waals surface area contributed by atoms with E-state index in [1.54, 1.807) is 12.1 Å². The molecule has 1 aliphatic heterocycles. The van der Waals surface area contributed by atoms with E-state index in [2.05, 4.69) is 19.2 Å². The highest BCUT2D eigenvalue weighted by atomic mass is 19.4. The van der Waals surface area contributed by atoms with Crippen LogP contribution in [0.3, 0.4) is 0 Å². The maximum Gasteiger partial charge on any atom is 0.416 e. The average Bonchev–Trinajstić information content (AvgIpc) is 3.31. The number of fused-ring (bicyclic) bond motifs is 1. The molecule has 11 heteroatoms. The van der Waals surface area contributed by atoms with Crippen molar-refractivity contribution in [3.63, 3.8) is 0 Å². The van der Waals surface area contributed by atoms with Gasteiger partial charge >= 0.3 is 12.2 Å². The highest BCUT2D eigenvalue weighted by Crippen LogP contribution is 2.38. The molecule has 0 unspecified atom stereocenters. The molecule has 0 saturated carbocycles. The number of anilines is 1. The summed E-state index contributed by atoms with van der Waals surface area (Å²) in [7, 11) is 0. The molecular weight excluding hydrogens is 574 g/mol. The van der Waals surface area contributed by atoms with Gasteiger partial charge in [0.2, 0.25) is 0 Å². The summed E-state index contributed by atoms with van der Waals surface area (Å²) in [4.78, 5) is 13.4. The zero-order valence-corrected chi connectivity index (χ0v) is 25.1. The molecule has 0 spiro atoms. The SMILES string of the molecule is Cc1cc(C(F)(F)F)cc(F)c1CN1CCc2nn(-c3c(C)cccc3OCC(C)C)c(-c3ccc(NC(N)=O)cc3)c2C1. The predicted octanol–water partition coefficient (Wildman–Crippen LogP) is 7.40. The largest absolute Gasteiger partial charge is 0.491 e. The first-order valence-corrected chi connectivity index (χ1v) is 14.4. The number of rotatable bonds is 8. The minimum Gasteiger partial charge on any atom is -0.491 e. The molecule has 232 valence electrons. The number of urea groups is 1. The number of benzene rings is 3. The Bertz CT molecular complexity index is 1660. The fourth-order valence-corrected chi connectivity index (χ4v) is 5.51. The van der Waals surface area contributed by atoms with Crippen molar-refractivity contribution >= 4 is 11.7 Å². The number of carbonyl (C=O) groups is 1. The first-order chi connectivity index (χ1) is 20.8. The Morgan fingerprint density at radius 2 is 1.82 bits per heavy atom. The number of hydrogen-bond acceptors (Lipinski definition) is 4. The van der Waals surface area contributed by atoms with Crippen LogP contribution in [0.25, 0.3) is 16.9 Å². The molecule has 1 aliphatic rings. The van der Waals surface area contributed by atoms with Crippen LogP contribution in [0.2, 0.25) is 0 Å². The van der Waals surface area contributed by atoms with Crippen molar-refractivity contribution in [2.75, 3.05) is 18.5 Å². The van der Waals surface area contributed by atoms with Gasteiger partial charge in [-0.05, 0) is 61.2 Å². The molecule has 2 heterocycles. The van der Waals surface area contributed by atoms with Crippen molar-refractivity contribution in [3.05, 3.63) is 93.9 Å². The van der Waals surface area contributed by atoms with E-state index >= 15 is 4.39 Å². The van der Waals surface area contributed by atoms with Crippen LogP contribution in [-0.4, -0.2) is 33.9 Å². The summed E-state index contributed by atoms with van der Waals surface area (Å²) in [6, 6.07) is 14.0. The predicted molar refractivity (Wildman–Crippen MR) is 161 cm³/mol. The van der Waals surface area contributed by atoms with Gasteiger partial charge in [0.05, 0.1) is 23.6 Å². The zero-order chi connectivity index (χ0) is 31.8. The Morgan fingerprint density at radius 3 is 2.45 bits per heavy atom. The number of aryl methyl sites for hydroxylation is 2. The number of carbonyl (C=O) groups excluding carboxylic acids is 1. The lowest BCUT2D eigenvalue weighted by Crippen LogP contribution is -2.30. The van der Waals surface area contributed by atoms with Gasteiger partial charge in [0.1, 0.15) is 17.3 Å². The lowest BCUT2D eigenvalue weighted by Gasteiger charge is -2.28. The Hall–Kier alpha value is -4.38. The molecule has 0 bridgehead atoms. The highest BCUT2D eigenvalue weighted by Gasteiger charge is 2.33. The molecule has 0 fully saturated rings. The normalized spacial score (nSPS) is 13.7. The third kappa shape index (κ3) is 6.57. The summed E-state index contributed by atoms with van der Waals surface area (Å²) < 4.78 is 62.9. The molecule has 0 aliphatic carbocycles. The van der Waals surface area contributed by atoms with Gasteiger partial charge in [0.25, 0.3) is 0 Å². The average molecular weight is 610 g/mol. The number of para-hydroxylation sites is 1. The second-order valence-corrected chi connectivity index (χ2v) is 11.6. The van der Waals surface area contributed by atoms with Gasteiger partial charge in [0, 0.05) is 48.4 Å². The summed E-state index contributed by atoms with van der Waals surface area (Å²) in [6.45, 7) is 9.26. The Kier molecular flexibility index (Phi) is 8.69. The van der Waals surface area contributed by atoms with Crippen LogP contribution in [0.15, 0.2) is 54.6 Å². The smallest absolute Gasteiger partial charge is 0.416 e. The number of primary amides is 1. The van der Waals surface area contributed by atoms with Crippen molar-refractivity contribution in [3.8, 4) is 22.7 Å². The van der Waals surface area contributed by atoms with Crippen LogP contribution >= 0.6 is 0 Å². The topological polar surface area (TPSA) is 85.4 Å². The Balaban J connectivity index is 1.58. The molecule has 44 heavy (non-hydrogen) atoms. The van der Waals surface area contributed by atoms with E-state index < -0.39 is 23.6 Å². The van der Waals surface area contributed by atoms with Crippen LogP contribution < -0.4 is 15.8 Å². The lowest BCUT2D eigenvalue weighted by molar-refractivity contribution is -0.137. The van der Waals surface area contributed by atoms with Gasteiger partial charge in [-0.1, -0.05) is 38.1 Å². The highest BCUT2D eigenvalue weighted by molar-refractivity contribution is 5.88. The summed E-state index contributed by atoms with van der Waals surface area (Å²) in [5, 5.41) is 7.62. The molecule has 2 amide bonds. The summed E-state index contributed by atoms with van der Waals surface area (Å²) in [5.74, 6) is 0.121. The van der Waals surface area contributed by atoms with E-state index in [1.165, 1.54) is 6.92 Å². The number of aromatic nitrogens is 2. The molecule has 3 N–H and O–H groups in total. The zero-order valence-electron chi connectivity index (χ0n) is 25.1. The van der Waals surface area contributed by atoms with Crippen molar-refractivity contribution in [2.24, 2.45) is 11.7 Å². The number of nitrogens with two attached hydrogens (primary N) is 1. The molecule has 5 rings (SSSR count). The maximum absolute atomic E-state index is 15.0. The van der Waals surface area contributed by atoms with Crippen molar-refractivity contribution in [1.82, 2.24) is 14.7 Å². The summed E-state index contributed by atoms with van der Waals surface area (Å²) in [6.07, 6.45) is -4.06. The van der Waals surface area contributed by atoms with Crippen LogP contribution in [-0.2, 0) is 25.7 Å². The number of amides is 2. The van der Waals surface area contributed by atoms with E-state index in [0.29, 0.717) is 49.5 Å². The molecule has 1 aromatic heterocycles. The summed E-state index contributed by atoms with van der Waals surface area (Å²) in [5.41, 5.74) is 10.5. The molecule has 4 aromatic rings. The lowest BCUT2D eigenvalue weighted by atomic mass is 9.98. The standard InChI is InChI=1S/C33H35F4N5O2/c1-19(2)18-44-29-7-5-6-20(3)30(29)42-31(22-8-10-24(11-9-22)39-32(38)43)26-17-41(13-12-28(26)40-42)16-25-21(4)14-23(15-27(25)34)33(35,36)37/h5-11,14-15,19H,12-13,16-18H2,1-4H3,(H3,38,39,43). The molecule has 0 saturated heterocycles. The maximum atomic E-state index is 15.0. The third-order valence-corrected chi connectivity index (χ3v) is 7.65. The monoisotopic (exact) mass is 609 g/mol. The second-order valence-electron chi connectivity index (χ2n) is 11.6. The molecule has 3 aromatic carbocycles. The molecule has 7 nitrogen and oxygen atoms in total. The van der Waals surface area contributed by atoms with E-state index in [-0.39, 0.29) is 17.7 Å². The number of ether oxygens (including phenoxy) is 1. The second kappa shape index (κ2) is 12.3. The number of hydrogen-bond donors (Lipinski definition) is 2. The minimum absolute atomic E-state index is 0.147. The van der Waals surface area contributed by atoms with E-state index in [9.17, 15) is 18.0 Å². The van der Waals surface area contributed by atoms with Crippen molar-refractivity contribution in [1.29, 1.82) is 0 Å². The number of nitrogens with zero attached hydrogens (tertiary/aromatic N) is 3. The minimum atomic E-state index is -4.62. The molecular formula is C33H35F4N5O2. The first kappa shape index (κ1) is 31.1. The fraction of sp³-hybridized carbons (Fsp3) is 0.333. The van der Waals surface area contributed by atoms with E-state index in [1.807, 2.05) is 46.8 Å². The van der Waals surface area contributed by atoms with E-state index in [0.717, 1.165) is 39.8 Å². The first-order valence-electron chi connectivity index (χ1n) is 14.4. The van der Waals surface area contributed by atoms with Gasteiger partial charge in [-0.2, -0.15) is 18.3 Å². The van der Waals surface area contributed by atoms with E-state index in [4.69, 9.17) is 15.6 Å². The summed E-state index contributed by atoms with van der Waals surface area (Å²) >= 11 is 0. The van der Waals surface area contributed by atoms with Crippen molar-refractivity contribution in [2.45, 2.75) is 53.4 Å². The number of halogens is 4. The van der Waals surface area contributed by atoms with Crippen LogP contribution in [0.5, 0.6) is 5.75 Å². The Morgan fingerprint density at radius 1 is 1.09 bits per heavy atom. The van der Waals surface area contributed by atoms with Gasteiger partial charge in [-0.25, -0.2) is 13.9 Å². The Labute approximate surface area is 253 Å².